The number of primary sulfonamides is 1. The van der Waals surface area contributed by atoms with Gasteiger partial charge in [0.25, 0.3) is 15.2 Å². The Morgan fingerprint density at radius 3 is 2.29 bits per heavy atom. The molecule has 0 amide bonds. The summed E-state index contributed by atoms with van der Waals surface area (Å²) in [6.07, 6.45) is 5.56. The molecule has 1 saturated carbocycles. The molecule has 0 radical (unpaired) electrons. The van der Waals surface area contributed by atoms with E-state index in [1.807, 2.05) is 0 Å². The lowest BCUT2D eigenvalue weighted by atomic mass is 9.75. The van der Waals surface area contributed by atoms with E-state index in [0.29, 0.717) is 0 Å². The van der Waals surface area contributed by atoms with Crippen molar-refractivity contribution in [2.45, 2.75) is 49.6 Å². The lowest BCUT2D eigenvalue weighted by Gasteiger charge is -2.32. The molecule has 1 aliphatic rings. The predicted octanol–water partition coefficient (Wildman–Crippen LogP) is 0.684. The van der Waals surface area contributed by atoms with Crippen LogP contribution in [0, 0.1) is 0 Å². The molecular weight excluding hydrogens is 240 g/mol. The van der Waals surface area contributed by atoms with Crippen molar-refractivity contribution < 1.29 is 8.42 Å². The zero-order chi connectivity index (χ0) is 12.7. The molecule has 0 atom stereocenters. The van der Waals surface area contributed by atoms with Gasteiger partial charge in [0.15, 0.2) is 0 Å². The van der Waals surface area contributed by atoms with Crippen LogP contribution in [0.4, 0.5) is 0 Å². The Bertz CT molecular complexity index is 514. The average Bonchev–Trinajstić information content (AvgIpc) is 2.61. The highest BCUT2D eigenvalue weighted by Crippen LogP contribution is 2.38. The molecule has 1 aliphatic carbocycles. The highest BCUT2D eigenvalue weighted by atomic mass is 32.2. The Labute approximate surface area is 101 Å². The van der Waals surface area contributed by atoms with Gasteiger partial charge < -0.3 is 4.57 Å². The molecule has 0 aliphatic heterocycles. The second-order valence-corrected chi connectivity index (χ2v) is 6.49. The molecule has 0 spiro atoms. The first-order chi connectivity index (χ1) is 7.84. The summed E-state index contributed by atoms with van der Waals surface area (Å²) in [5.74, 6) is 0.723. The minimum Gasteiger partial charge on any atom is -0.303 e. The Morgan fingerprint density at radius 1 is 1.24 bits per heavy atom. The first-order valence-electron chi connectivity index (χ1n) is 5.77. The van der Waals surface area contributed by atoms with Crippen molar-refractivity contribution in [3.63, 3.8) is 0 Å². The van der Waals surface area contributed by atoms with E-state index in [9.17, 15) is 8.42 Å². The summed E-state index contributed by atoms with van der Waals surface area (Å²) in [6.45, 7) is 2.11. The van der Waals surface area contributed by atoms with Gasteiger partial charge in [-0.15, -0.1) is 10.2 Å². The molecule has 1 aromatic heterocycles. The number of hydrogen-bond donors (Lipinski definition) is 1. The third kappa shape index (κ3) is 2.21. The number of hydrogen-bond acceptors (Lipinski definition) is 4. The fraction of sp³-hybridized carbons (Fsp3) is 0.800. The van der Waals surface area contributed by atoms with Crippen LogP contribution in [0.15, 0.2) is 5.16 Å². The van der Waals surface area contributed by atoms with E-state index in [4.69, 9.17) is 5.14 Å². The normalized spacial score (nSPS) is 20.4. The third-order valence-corrected chi connectivity index (χ3v) is 4.45. The fourth-order valence-electron chi connectivity index (χ4n) is 2.64. The van der Waals surface area contributed by atoms with Crippen molar-refractivity contribution >= 4 is 10.0 Å². The summed E-state index contributed by atoms with van der Waals surface area (Å²) in [4.78, 5) is 0. The number of aromatic nitrogens is 3. The van der Waals surface area contributed by atoms with Crippen LogP contribution in [0.2, 0.25) is 0 Å². The predicted molar refractivity (Wildman–Crippen MR) is 62.8 cm³/mol. The third-order valence-electron chi connectivity index (χ3n) is 3.59. The van der Waals surface area contributed by atoms with Crippen LogP contribution in [0.25, 0.3) is 0 Å². The Kier molecular flexibility index (Phi) is 2.99. The monoisotopic (exact) mass is 258 g/mol. The van der Waals surface area contributed by atoms with Crippen LogP contribution in [-0.4, -0.2) is 23.2 Å². The molecule has 2 N–H and O–H groups in total. The van der Waals surface area contributed by atoms with E-state index in [2.05, 4.69) is 17.1 Å². The Morgan fingerprint density at radius 2 is 1.82 bits per heavy atom. The first-order valence-corrected chi connectivity index (χ1v) is 7.32. The average molecular weight is 258 g/mol. The van der Waals surface area contributed by atoms with Crippen LogP contribution < -0.4 is 5.14 Å². The van der Waals surface area contributed by atoms with Crippen LogP contribution in [0.1, 0.15) is 44.9 Å². The number of sulfonamides is 1. The molecule has 2 rings (SSSR count). The summed E-state index contributed by atoms with van der Waals surface area (Å²) in [6, 6.07) is 0. The topological polar surface area (TPSA) is 90.9 Å². The highest BCUT2D eigenvalue weighted by molar-refractivity contribution is 7.89. The van der Waals surface area contributed by atoms with Crippen molar-refractivity contribution in [2.75, 3.05) is 0 Å². The largest absolute Gasteiger partial charge is 0.303 e. The van der Waals surface area contributed by atoms with E-state index in [0.717, 1.165) is 31.5 Å². The SMILES string of the molecule is Cn1c(C2(C)CCCCC2)nnc1S(N)(=O)=O. The standard InChI is InChI=1S/C10H18N4O2S/c1-10(6-4-3-5-7-10)8-12-13-9(14(8)2)17(11,15)16/h3-7H2,1-2H3,(H2,11,15,16). The van der Waals surface area contributed by atoms with Crippen LogP contribution in [0.5, 0.6) is 0 Å². The van der Waals surface area contributed by atoms with Crippen LogP contribution in [-0.2, 0) is 22.5 Å². The molecule has 6 nitrogen and oxygen atoms in total. The number of nitrogens with zero attached hydrogens (tertiary/aromatic N) is 3. The van der Waals surface area contributed by atoms with Crippen molar-refractivity contribution in [3.05, 3.63) is 5.82 Å². The van der Waals surface area contributed by atoms with Gasteiger partial charge >= 0.3 is 0 Å². The first kappa shape index (κ1) is 12.5. The minimum absolute atomic E-state index is 0.0804. The minimum atomic E-state index is -3.79. The van der Waals surface area contributed by atoms with Crippen LogP contribution in [0.3, 0.4) is 0 Å². The van der Waals surface area contributed by atoms with Crippen molar-refractivity contribution in [3.8, 4) is 0 Å². The van der Waals surface area contributed by atoms with Crippen LogP contribution >= 0.6 is 0 Å². The van der Waals surface area contributed by atoms with Crippen molar-refractivity contribution in [1.82, 2.24) is 14.8 Å². The molecule has 0 unspecified atom stereocenters. The van der Waals surface area contributed by atoms with E-state index in [-0.39, 0.29) is 10.6 Å². The van der Waals surface area contributed by atoms with Gasteiger partial charge in [-0.05, 0) is 12.8 Å². The molecule has 17 heavy (non-hydrogen) atoms. The maximum absolute atomic E-state index is 11.3. The Balaban J connectivity index is 2.44. The second-order valence-electron chi connectivity index (χ2n) is 5.03. The lowest BCUT2D eigenvalue weighted by Crippen LogP contribution is -2.29. The smallest absolute Gasteiger partial charge is 0.273 e. The second kappa shape index (κ2) is 4.06. The number of nitrogens with two attached hydrogens (primary N) is 1. The molecule has 0 aromatic carbocycles. The fourth-order valence-corrected chi connectivity index (χ4v) is 3.27. The van der Waals surface area contributed by atoms with Gasteiger partial charge in [-0.3, -0.25) is 0 Å². The molecular formula is C10H18N4O2S. The van der Waals surface area contributed by atoms with Gasteiger partial charge in [0.05, 0.1) is 0 Å². The maximum atomic E-state index is 11.3. The molecule has 0 saturated heterocycles. The zero-order valence-corrected chi connectivity index (χ0v) is 11.0. The lowest BCUT2D eigenvalue weighted by molar-refractivity contribution is 0.295. The molecule has 7 heteroatoms. The molecule has 96 valence electrons. The zero-order valence-electron chi connectivity index (χ0n) is 10.2. The molecule has 1 aromatic rings. The maximum Gasteiger partial charge on any atom is 0.273 e. The number of rotatable bonds is 2. The molecule has 1 fully saturated rings. The van der Waals surface area contributed by atoms with Gasteiger partial charge in [-0.1, -0.05) is 26.2 Å². The van der Waals surface area contributed by atoms with E-state index in [1.165, 1.54) is 11.0 Å². The summed E-state index contributed by atoms with van der Waals surface area (Å²) in [7, 11) is -2.13. The quantitative estimate of drug-likeness (QED) is 0.844. The molecule has 0 bridgehead atoms. The van der Waals surface area contributed by atoms with E-state index in [1.54, 1.807) is 7.05 Å². The molecule has 1 heterocycles. The van der Waals surface area contributed by atoms with Crippen molar-refractivity contribution in [1.29, 1.82) is 0 Å². The summed E-state index contributed by atoms with van der Waals surface area (Å²) < 4.78 is 24.1. The van der Waals surface area contributed by atoms with Gasteiger partial charge in [0.1, 0.15) is 5.82 Å². The summed E-state index contributed by atoms with van der Waals surface area (Å²) >= 11 is 0. The van der Waals surface area contributed by atoms with E-state index < -0.39 is 10.0 Å². The van der Waals surface area contributed by atoms with Gasteiger partial charge in [-0.25, -0.2) is 13.6 Å². The Hall–Kier alpha value is -0.950. The van der Waals surface area contributed by atoms with Crippen molar-refractivity contribution in [2.24, 2.45) is 12.2 Å². The van der Waals surface area contributed by atoms with E-state index >= 15 is 0 Å². The van der Waals surface area contributed by atoms with Gasteiger partial charge in [0, 0.05) is 12.5 Å². The summed E-state index contributed by atoms with van der Waals surface area (Å²) in [5.41, 5.74) is -0.0804. The summed E-state index contributed by atoms with van der Waals surface area (Å²) in [5, 5.41) is 12.7. The van der Waals surface area contributed by atoms with Gasteiger partial charge in [0.2, 0.25) is 0 Å². The van der Waals surface area contributed by atoms with Gasteiger partial charge in [-0.2, -0.15) is 0 Å². The highest BCUT2D eigenvalue weighted by Gasteiger charge is 2.35.